The van der Waals surface area contributed by atoms with Gasteiger partial charge in [0.2, 0.25) is 0 Å². The Bertz CT molecular complexity index is 1020. The summed E-state index contributed by atoms with van der Waals surface area (Å²) in [4.78, 5) is 49.4. The molecule has 3 N–H and O–H groups in total. The number of nitrogens with zero attached hydrogens (tertiary/aromatic N) is 4. The maximum Gasteiger partial charge on any atom is 0.326 e. The average molecular weight is 501 g/mol. The van der Waals surface area contributed by atoms with Gasteiger partial charge in [-0.2, -0.15) is 11.8 Å². The van der Waals surface area contributed by atoms with Crippen LogP contribution >= 0.6 is 11.8 Å². The van der Waals surface area contributed by atoms with Gasteiger partial charge in [0.15, 0.2) is 5.82 Å². The van der Waals surface area contributed by atoms with E-state index in [0.29, 0.717) is 38.4 Å². The molecule has 1 aliphatic heterocycles. The molecule has 2 aromatic heterocycles. The van der Waals surface area contributed by atoms with Gasteiger partial charge in [-0.15, -0.1) is 0 Å². The lowest BCUT2D eigenvalue weighted by Crippen LogP contribution is -2.49. The number of hydrogen-bond acceptors (Lipinski definition) is 8. The highest BCUT2D eigenvalue weighted by Gasteiger charge is 2.26. The summed E-state index contributed by atoms with van der Waals surface area (Å²) in [6, 6.07) is 6.21. The minimum atomic E-state index is -1.08. The van der Waals surface area contributed by atoms with Crippen molar-refractivity contribution >= 4 is 41.1 Å². The first-order chi connectivity index (χ1) is 16.8. The number of aliphatic carboxylic acids is 1. The quantitative estimate of drug-likeness (QED) is 0.450. The van der Waals surface area contributed by atoms with E-state index in [0.717, 1.165) is 11.5 Å². The van der Waals surface area contributed by atoms with Crippen LogP contribution in [0.3, 0.4) is 0 Å². The molecule has 2 amide bonds. The molecule has 0 radical (unpaired) electrons. The van der Waals surface area contributed by atoms with Crippen molar-refractivity contribution < 1.29 is 19.5 Å². The van der Waals surface area contributed by atoms with Gasteiger partial charge in [-0.1, -0.05) is 0 Å². The Morgan fingerprint density at radius 3 is 2.46 bits per heavy atom. The van der Waals surface area contributed by atoms with Gasteiger partial charge in [-0.3, -0.25) is 14.6 Å². The van der Waals surface area contributed by atoms with Crippen molar-refractivity contribution in [2.75, 3.05) is 48.4 Å². The number of carbonyl (C=O) groups excluding carboxylic acids is 2. The molecule has 1 saturated heterocycles. The molecule has 11 heteroatoms. The standard InChI is InChI=1S/C24H32N6O4S/c1-16(2)27-18-5-4-9-25-21(18)29-10-12-30(13-11-29)23(32)19-7-6-17(15-26-19)22(31)28-20(24(33)34)8-14-35-3/h4-7,9,15-16,20,27H,8,10-14H2,1-3H3,(H,28,31)(H,33,34)/t20-/m0/s1. The molecule has 2 aromatic rings. The predicted molar refractivity (Wildman–Crippen MR) is 137 cm³/mol. The molecule has 1 atom stereocenters. The molecule has 0 unspecified atom stereocenters. The fourth-order valence-corrected chi connectivity index (χ4v) is 4.22. The molecule has 0 saturated carbocycles. The Hall–Kier alpha value is -3.34. The molecule has 35 heavy (non-hydrogen) atoms. The van der Waals surface area contributed by atoms with Crippen LogP contribution in [0.2, 0.25) is 0 Å². The van der Waals surface area contributed by atoms with Crippen LogP contribution in [-0.2, 0) is 4.79 Å². The van der Waals surface area contributed by atoms with Crippen LogP contribution in [0.4, 0.5) is 11.5 Å². The molecule has 0 spiro atoms. The van der Waals surface area contributed by atoms with Crippen LogP contribution < -0.4 is 15.5 Å². The van der Waals surface area contributed by atoms with Gasteiger partial charge < -0.3 is 25.5 Å². The number of anilines is 2. The fraction of sp³-hybridized carbons (Fsp3) is 0.458. The van der Waals surface area contributed by atoms with Crippen LogP contribution in [0.1, 0.15) is 41.1 Å². The highest BCUT2D eigenvalue weighted by molar-refractivity contribution is 7.98. The summed E-state index contributed by atoms with van der Waals surface area (Å²) in [5, 5.41) is 15.2. The van der Waals surface area contributed by atoms with Crippen molar-refractivity contribution in [3.8, 4) is 0 Å². The minimum Gasteiger partial charge on any atom is -0.480 e. The van der Waals surface area contributed by atoms with Crippen LogP contribution in [0.25, 0.3) is 0 Å². The van der Waals surface area contributed by atoms with Gasteiger partial charge in [0.05, 0.1) is 11.3 Å². The third kappa shape index (κ3) is 7.08. The molecule has 3 heterocycles. The lowest BCUT2D eigenvalue weighted by molar-refractivity contribution is -0.139. The van der Waals surface area contributed by atoms with E-state index >= 15 is 0 Å². The summed E-state index contributed by atoms with van der Waals surface area (Å²) >= 11 is 1.51. The van der Waals surface area contributed by atoms with Crippen LogP contribution in [0.5, 0.6) is 0 Å². The van der Waals surface area contributed by atoms with Crippen molar-refractivity contribution in [1.82, 2.24) is 20.2 Å². The molecular weight excluding hydrogens is 468 g/mol. The largest absolute Gasteiger partial charge is 0.480 e. The van der Waals surface area contributed by atoms with Gasteiger partial charge in [0.1, 0.15) is 11.7 Å². The van der Waals surface area contributed by atoms with E-state index in [1.165, 1.54) is 30.1 Å². The molecule has 1 aliphatic rings. The van der Waals surface area contributed by atoms with E-state index in [4.69, 9.17) is 0 Å². The second-order valence-corrected chi connectivity index (χ2v) is 9.52. The number of carboxylic acids is 1. The number of carbonyl (C=O) groups is 3. The Morgan fingerprint density at radius 2 is 1.86 bits per heavy atom. The Morgan fingerprint density at radius 1 is 1.11 bits per heavy atom. The van der Waals surface area contributed by atoms with Crippen molar-refractivity contribution in [1.29, 1.82) is 0 Å². The maximum absolute atomic E-state index is 13.0. The van der Waals surface area contributed by atoms with Crippen LogP contribution in [-0.4, -0.2) is 88.0 Å². The van der Waals surface area contributed by atoms with Crippen molar-refractivity contribution in [2.24, 2.45) is 0 Å². The topological polar surface area (TPSA) is 128 Å². The first kappa shape index (κ1) is 26.3. The van der Waals surface area contributed by atoms with Crippen molar-refractivity contribution in [3.05, 3.63) is 47.9 Å². The number of thioether (sulfide) groups is 1. The van der Waals surface area contributed by atoms with Gasteiger partial charge in [0, 0.05) is 44.6 Å². The number of nitrogens with one attached hydrogen (secondary N) is 2. The SMILES string of the molecule is CSCC[C@H](NC(=O)c1ccc(C(=O)N2CCN(c3ncccc3NC(C)C)CC2)nc1)C(=O)O. The summed E-state index contributed by atoms with van der Waals surface area (Å²) < 4.78 is 0. The average Bonchev–Trinajstić information content (AvgIpc) is 2.86. The predicted octanol–water partition coefficient (Wildman–Crippen LogP) is 2.20. The normalized spacial score (nSPS) is 14.5. The number of aromatic nitrogens is 2. The number of carboxylic acid groups (broad SMARTS) is 1. The van der Waals surface area contributed by atoms with Crippen molar-refractivity contribution in [3.63, 3.8) is 0 Å². The lowest BCUT2D eigenvalue weighted by atomic mass is 10.2. The van der Waals surface area contributed by atoms with Gasteiger partial charge in [0.25, 0.3) is 11.8 Å². The number of pyridine rings is 2. The zero-order valence-electron chi connectivity index (χ0n) is 20.2. The first-order valence-corrected chi connectivity index (χ1v) is 12.9. The summed E-state index contributed by atoms with van der Waals surface area (Å²) in [6.07, 6.45) is 5.28. The van der Waals surface area contributed by atoms with E-state index in [1.807, 2.05) is 18.4 Å². The number of hydrogen-bond donors (Lipinski definition) is 3. The lowest BCUT2D eigenvalue weighted by Gasteiger charge is -2.36. The Labute approximate surface area is 209 Å². The van der Waals surface area contributed by atoms with Crippen LogP contribution in [0, 0.1) is 0 Å². The summed E-state index contributed by atoms with van der Waals surface area (Å²) in [5.74, 6) is -0.323. The van der Waals surface area contributed by atoms with E-state index in [9.17, 15) is 19.5 Å². The maximum atomic E-state index is 13.0. The minimum absolute atomic E-state index is 0.207. The monoisotopic (exact) mass is 500 g/mol. The Balaban J connectivity index is 1.58. The summed E-state index contributed by atoms with van der Waals surface area (Å²) in [7, 11) is 0. The molecule has 10 nitrogen and oxygen atoms in total. The van der Waals surface area contributed by atoms with Crippen molar-refractivity contribution in [2.45, 2.75) is 32.4 Å². The molecule has 0 aromatic carbocycles. The van der Waals surface area contributed by atoms with E-state index in [-0.39, 0.29) is 23.2 Å². The zero-order chi connectivity index (χ0) is 25.4. The summed E-state index contributed by atoms with van der Waals surface area (Å²) in [6.45, 7) is 6.48. The van der Waals surface area contributed by atoms with Crippen LogP contribution in [0.15, 0.2) is 36.7 Å². The van der Waals surface area contributed by atoms with Gasteiger partial charge >= 0.3 is 5.97 Å². The first-order valence-electron chi connectivity index (χ1n) is 11.5. The van der Waals surface area contributed by atoms with Gasteiger partial charge in [-0.25, -0.2) is 9.78 Å². The molecule has 0 aliphatic carbocycles. The molecule has 3 rings (SSSR count). The highest BCUT2D eigenvalue weighted by atomic mass is 32.2. The molecular formula is C24H32N6O4S. The molecule has 188 valence electrons. The zero-order valence-corrected chi connectivity index (χ0v) is 21.0. The smallest absolute Gasteiger partial charge is 0.326 e. The third-order valence-corrected chi connectivity index (χ3v) is 6.20. The second kappa shape index (κ2) is 12.4. The Kier molecular flexibility index (Phi) is 9.30. The van der Waals surface area contributed by atoms with Gasteiger partial charge in [-0.05, 0) is 56.5 Å². The highest BCUT2D eigenvalue weighted by Crippen LogP contribution is 2.24. The molecule has 0 bridgehead atoms. The fourth-order valence-electron chi connectivity index (χ4n) is 3.75. The summed E-state index contributed by atoms with van der Waals surface area (Å²) in [5.41, 5.74) is 1.42. The number of amides is 2. The number of piperazine rings is 1. The molecule has 1 fully saturated rings. The second-order valence-electron chi connectivity index (χ2n) is 8.53. The number of rotatable bonds is 10. The van der Waals surface area contributed by atoms with E-state index < -0.39 is 17.9 Å². The third-order valence-electron chi connectivity index (χ3n) is 5.56. The van der Waals surface area contributed by atoms with E-state index in [2.05, 4.69) is 39.3 Å². The van der Waals surface area contributed by atoms with E-state index in [1.54, 1.807) is 11.1 Å².